The average Bonchev–Trinajstić information content (AvgIpc) is 3.17. The van der Waals surface area contributed by atoms with Crippen molar-refractivity contribution in [1.29, 1.82) is 5.26 Å². The van der Waals surface area contributed by atoms with Gasteiger partial charge < -0.3 is 5.32 Å². The van der Waals surface area contributed by atoms with Crippen molar-refractivity contribution in [1.82, 2.24) is 9.78 Å². The van der Waals surface area contributed by atoms with Crippen LogP contribution >= 0.6 is 0 Å². The van der Waals surface area contributed by atoms with Crippen LogP contribution in [0.1, 0.15) is 16.7 Å². The zero-order chi connectivity index (χ0) is 15.8. The van der Waals surface area contributed by atoms with E-state index in [-0.39, 0.29) is 0 Å². The van der Waals surface area contributed by atoms with E-state index in [1.54, 1.807) is 0 Å². The SMILES string of the molecule is Cc1cccc(-c2nn(-c3ccccc3C#N)c3c2CCN3)c1. The zero-order valence-corrected chi connectivity index (χ0v) is 12.9. The second-order valence-electron chi connectivity index (χ2n) is 5.76. The summed E-state index contributed by atoms with van der Waals surface area (Å²) in [7, 11) is 0. The molecule has 0 bridgehead atoms. The molecule has 23 heavy (non-hydrogen) atoms. The Labute approximate surface area is 135 Å². The summed E-state index contributed by atoms with van der Waals surface area (Å²) in [6, 6.07) is 18.2. The Bertz CT molecular complexity index is 931. The molecule has 0 saturated carbocycles. The quantitative estimate of drug-likeness (QED) is 0.785. The third kappa shape index (κ3) is 2.18. The minimum Gasteiger partial charge on any atom is -0.369 e. The van der Waals surface area contributed by atoms with Crippen molar-refractivity contribution in [3.63, 3.8) is 0 Å². The second kappa shape index (κ2) is 5.29. The fourth-order valence-corrected chi connectivity index (χ4v) is 3.13. The molecule has 0 aliphatic carbocycles. The molecule has 0 saturated heterocycles. The van der Waals surface area contributed by atoms with Gasteiger partial charge in [0.2, 0.25) is 0 Å². The van der Waals surface area contributed by atoms with Crippen LogP contribution in [0.2, 0.25) is 0 Å². The zero-order valence-electron chi connectivity index (χ0n) is 12.9. The first-order valence-electron chi connectivity index (χ1n) is 7.70. The first-order chi connectivity index (χ1) is 11.3. The number of para-hydroxylation sites is 1. The van der Waals surface area contributed by atoms with Gasteiger partial charge in [0, 0.05) is 17.7 Å². The number of hydrogen-bond acceptors (Lipinski definition) is 3. The van der Waals surface area contributed by atoms with Crippen LogP contribution in [0.4, 0.5) is 5.82 Å². The number of anilines is 1. The van der Waals surface area contributed by atoms with Gasteiger partial charge >= 0.3 is 0 Å². The number of aromatic nitrogens is 2. The summed E-state index contributed by atoms with van der Waals surface area (Å²) >= 11 is 0. The number of fused-ring (bicyclic) bond motifs is 1. The molecule has 1 N–H and O–H groups in total. The highest BCUT2D eigenvalue weighted by Gasteiger charge is 2.24. The number of nitriles is 1. The molecule has 112 valence electrons. The van der Waals surface area contributed by atoms with Crippen LogP contribution in [0.3, 0.4) is 0 Å². The van der Waals surface area contributed by atoms with Gasteiger partial charge in [-0.1, -0.05) is 35.9 Å². The topological polar surface area (TPSA) is 53.6 Å². The molecule has 3 aromatic rings. The lowest BCUT2D eigenvalue weighted by atomic mass is 10.0. The Morgan fingerprint density at radius 1 is 1.17 bits per heavy atom. The van der Waals surface area contributed by atoms with Gasteiger partial charge in [-0.05, 0) is 31.5 Å². The van der Waals surface area contributed by atoms with Crippen LogP contribution in [0.5, 0.6) is 0 Å². The van der Waals surface area contributed by atoms with Gasteiger partial charge in [0.15, 0.2) is 0 Å². The summed E-state index contributed by atoms with van der Waals surface area (Å²) in [6.45, 7) is 2.99. The van der Waals surface area contributed by atoms with Crippen LogP contribution in [0.25, 0.3) is 16.9 Å². The second-order valence-corrected chi connectivity index (χ2v) is 5.76. The predicted molar refractivity (Wildman–Crippen MR) is 90.6 cm³/mol. The van der Waals surface area contributed by atoms with Gasteiger partial charge in [0.05, 0.1) is 16.9 Å². The maximum absolute atomic E-state index is 9.38. The van der Waals surface area contributed by atoms with E-state index >= 15 is 0 Å². The Kier molecular flexibility index (Phi) is 3.13. The van der Waals surface area contributed by atoms with E-state index in [2.05, 4.69) is 42.6 Å². The smallest absolute Gasteiger partial charge is 0.133 e. The first-order valence-corrected chi connectivity index (χ1v) is 7.70. The number of benzene rings is 2. The van der Waals surface area contributed by atoms with Gasteiger partial charge in [-0.15, -0.1) is 0 Å². The molecule has 4 rings (SSSR count). The molecule has 1 aliphatic heterocycles. The summed E-state index contributed by atoms with van der Waals surface area (Å²) in [5.41, 5.74) is 6.01. The molecule has 4 nitrogen and oxygen atoms in total. The van der Waals surface area contributed by atoms with Gasteiger partial charge in [0.25, 0.3) is 0 Å². The lowest BCUT2D eigenvalue weighted by molar-refractivity contribution is 0.879. The van der Waals surface area contributed by atoms with E-state index in [1.165, 1.54) is 11.1 Å². The molecule has 2 heterocycles. The lowest BCUT2D eigenvalue weighted by Gasteiger charge is -2.07. The van der Waals surface area contributed by atoms with E-state index < -0.39 is 0 Å². The van der Waals surface area contributed by atoms with Crippen molar-refractivity contribution in [3.05, 3.63) is 65.2 Å². The van der Waals surface area contributed by atoms with Gasteiger partial charge in [0.1, 0.15) is 11.9 Å². The molecule has 0 amide bonds. The fourth-order valence-electron chi connectivity index (χ4n) is 3.13. The van der Waals surface area contributed by atoms with E-state index in [1.807, 2.05) is 28.9 Å². The molecule has 0 atom stereocenters. The Morgan fingerprint density at radius 3 is 2.87 bits per heavy atom. The highest BCUT2D eigenvalue weighted by molar-refractivity contribution is 5.73. The fraction of sp³-hybridized carbons (Fsp3) is 0.158. The van der Waals surface area contributed by atoms with E-state index in [4.69, 9.17) is 5.10 Å². The average molecular weight is 300 g/mol. The predicted octanol–water partition coefficient (Wildman–Crippen LogP) is 3.69. The first kappa shape index (κ1) is 13.6. The molecular formula is C19H16N4. The largest absolute Gasteiger partial charge is 0.369 e. The van der Waals surface area contributed by atoms with Gasteiger partial charge in [-0.3, -0.25) is 0 Å². The van der Waals surface area contributed by atoms with Crippen molar-refractivity contribution in [2.24, 2.45) is 0 Å². The van der Waals surface area contributed by atoms with Crippen LogP contribution in [-0.2, 0) is 6.42 Å². The van der Waals surface area contributed by atoms with E-state index in [9.17, 15) is 5.26 Å². The molecule has 0 fully saturated rings. The molecule has 4 heteroatoms. The van der Waals surface area contributed by atoms with Gasteiger partial charge in [-0.2, -0.15) is 10.4 Å². The lowest BCUT2D eigenvalue weighted by Crippen LogP contribution is -2.05. The molecule has 1 aliphatic rings. The highest BCUT2D eigenvalue weighted by Crippen LogP contribution is 2.35. The van der Waals surface area contributed by atoms with Gasteiger partial charge in [-0.25, -0.2) is 4.68 Å². The number of nitrogens with one attached hydrogen (secondary N) is 1. The summed E-state index contributed by atoms with van der Waals surface area (Å²) in [4.78, 5) is 0. The molecule has 0 spiro atoms. The van der Waals surface area contributed by atoms with Crippen LogP contribution < -0.4 is 5.32 Å². The van der Waals surface area contributed by atoms with Crippen molar-refractivity contribution < 1.29 is 0 Å². The molecular weight excluding hydrogens is 284 g/mol. The third-order valence-corrected chi connectivity index (χ3v) is 4.20. The summed E-state index contributed by atoms with van der Waals surface area (Å²) in [5, 5.41) is 17.6. The van der Waals surface area contributed by atoms with Crippen LogP contribution in [0.15, 0.2) is 48.5 Å². The number of nitrogens with zero attached hydrogens (tertiary/aromatic N) is 3. The molecule has 0 radical (unpaired) electrons. The van der Waals surface area contributed by atoms with Crippen molar-refractivity contribution in [3.8, 4) is 23.0 Å². The maximum Gasteiger partial charge on any atom is 0.133 e. The Hall–Kier alpha value is -3.06. The Balaban J connectivity index is 1.94. The van der Waals surface area contributed by atoms with E-state index in [0.717, 1.165) is 35.7 Å². The maximum atomic E-state index is 9.38. The van der Waals surface area contributed by atoms with Crippen LogP contribution in [-0.4, -0.2) is 16.3 Å². The van der Waals surface area contributed by atoms with Crippen LogP contribution in [0, 0.1) is 18.3 Å². The highest BCUT2D eigenvalue weighted by atomic mass is 15.3. The van der Waals surface area contributed by atoms with Crippen molar-refractivity contribution in [2.45, 2.75) is 13.3 Å². The minimum absolute atomic E-state index is 0.627. The molecule has 1 aromatic heterocycles. The molecule has 0 unspecified atom stereocenters. The monoisotopic (exact) mass is 300 g/mol. The van der Waals surface area contributed by atoms with E-state index in [0.29, 0.717) is 5.56 Å². The third-order valence-electron chi connectivity index (χ3n) is 4.20. The number of rotatable bonds is 2. The normalized spacial score (nSPS) is 12.5. The standard InChI is InChI=1S/C19H16N4/c1-13-5-4-7-14(11-13)18-16-9-10-21-19(16)23(22-18)17-8-3-2-6-15(17)12-20/h2-8,11,21H,9-10H2,1H3. The summed E-state index contributed by atoms with van der Waals surface area (Å²) in [5.74, 6) is 1.00. The van der Waals surface area contributed by atoms with Crippen molar-refractivity contribution >= 4 is 5.82 Å². The minimum atomic E-state index is 0.627. The summed E-state index contributed by atoms with van der Waals surface area (Å²) in [6.07, 6.45) is 0.952. The molecule has 2 aromatic carbocycles. The van der Waals surface area contributed by atoms with Crippen molar-refractivity contribution in [2.75, 3.05) is 11.9 Å². The summed E-state index contributed by atoms with van der Waals surface area (Å²) < 4.78 is 1.87. The number of hydrogen-bond donors (Lipinski definition) is 1. The Morgan fingerprint density at radius 2 is 2.04 bits per heavy atom. The number of aryl methyl sites for hydroxylation is 1.